The first-order valence-corrected chi connectivity index (χ1v) is 15.1. The van der Waals surface area contributed by atoms with Gasteiger partial charge in [-0.2, -0.15) is 0 Å². The van der Waals surface area contributed by atoms with Gasteiger partial charge in [0.2, 0.25) is 0 Å². The number of hydrogen-bond donors (Lipinski definition) is 0. The normalized spacial score (nSPS) is 35.2. The predicted molar refractivity (Wildman–Crippen MR) is 92.1 cm³/mol. The van der Waals surface area contributed by atoms with Crippen LogP contribution in [-0.4, -0.2) is 8.07 Å². The third kappa shape index (κ3) is 1.89. The van der Waals surface area contributed by atoms with Crippen molar-refractivity contribution in [3.8, 4) is 0 Å². The van der Waals surface area contributed by atoms with Crippen molar-refractivity contribution < 1.29 is 23.2 Å². The van der Waals surface area contributed by atoms with Crippen molar-refractivity contribution in [2.24, 2.45) is 0 Å². The van der Waals surface area contributed by atoms with Gasteiger partial charge in [-0.25, -0.2) is 0 Å². The molecular weight excluding hydrogens is 360 g/mol. The average Bonchev–Trinajstić information content (AvgIpc) is 3.08. The van der Waals surface area contributed by atoms with E-state index in [2.05, 4.69) is 25.2 Å². The Hall–Kier alpha value is 0.0600. The minimum atomic E-state index is -1.35. The van der Waals surface area contributed by atoms with E-state index in [0.717, 1.165) is 7.25 Å². The molecule has 5 aliphatic rings. The molecule has 0 nitrogen and oxygen atoms in total. The Balaban J connectivity index is 1.59. The molecule has 2 atom stereocenters. The molecule has 1 aliphatic heterocycles. The molecule has 0 amide bonds. The van der Waals surface area contributed by atoms with Gasteiger partial charge in [0.1, 0.15) is 0 Å². The Labute approximate surface area is 147 Å². The zero-order valence-corrected chi connectivity index (χ0v) is 17.4. The summed E-state index contributed by atoms with van der Waals surface area (Å²) in [7, 11) is -1.35. The summed E-state index contributed by atoms with van der Waals surface area (Å²) < 4.78 is 2.05. The first-order chi connectivity index (χ1) is 10.7. The van der Waals surface area contributed by atoms with Gasteiger partial charge in [0.25, 0.3) is 0 Å². The second-order valence-electron chi connectivity index (χ2n) is 8.37. The van der Waals surface area contributed by atoms with Gasteiger partial charge in [0.15, 0.2) is 0 Å². The molecule has 1 fully saturated rings. The summed E-state index contributed by atoms with van der Waals surface area (Å²) >= 11 is -0.384. The van der Waals surface area contributed by atoms with Crippen LogP contribution in [0.5, 0.6) is 0 Å². The molecule has 0 bridgehead atoms. The van der Waals surface area contributed by atoms with Gasteiger partial charge in [0, 0.05) is 0 Å². The minimum absolute atomic E-state index is 0.384. The van der Waals surface area contributed by atoms with Crippen LogP contribution in [0, 0.1) is 0 Å². The molecule has 0 radical (unpaired) electrons. The molecule has 0 spiro atoms. The second-order valence-corrected chi connectivity index (χ2v) is 16.4. The van der Waals surface area contributed by atoms with Crippen LogP contribution in [-0.2, 0) is 23.2 Å². The molecular formula is C20H26SiZr. The van der Waals surface area contributed by atoms with E-state index in [1.807, 2.05) is 32.7 Å². The standard InChI is InChI=1S/C20H26Si.Zr/c1-21(2,19-11-15-7-3-4-8-16(15)12-19)20-13-17-9-5-6-10-18(17)14-20;/h11-14H,3-10H2,1-2H3;. The summed E-state index contributed by atoms with van der Waals surface area (Å²) in [5.74, 6) is 0. The van der Waals surface area contributed by atoms with Crippen LogP contribution < -0.4 is 0 Å². The van der Waals surface area contributed by atoms with Crippen molar-refractivity contribution in [3.05, 3.63) is 44.8 Å². The molecule has 0 aromatic carbocycles. The van der Waals surface area contributed by atoms with Crippen LogP contribution in [0.1, 0.15) is 51.4 Å². The third-order valence-corrected chi connectivity index (χ3v) is 16.9. The Bertz CT molecular complexity index is 618. The average molecular weight is 386 g/mol. The Morgan fingerprint density at radius 2 is 1.23 bits per heavy atom. The quantitative estimate of drug-likeness (QED) is 0.444. The van der Waals surface area contributed by atoms with Crippen molar-refractivity contribution >= 4 is 8.07 Å². The third-order valence-electron chi connectivity index (χ3n) is 6.86. The summed E-state index contributed by atoms with van der Waals surface area (Å²) in [4.78, 5) is 0. The van der Waals surface area contributed by atoms with E-state index in [-0.39, 0.29) is 23.2 Å². The van der Waals surface area contributed by atoms with Crippen molar-refractivity contribution in [1.29, 1.82) is 0 Å². The fourth-order valence-electron chi connectivity index (χ4n) is 5.61. The van der Waals surface area contributed by atoms with Crippen LogP contribution in [0.3, 0.4) is 0 Å². The zero-order valence-electron chi connectivity index (χ0n) is 14.0. The summed E-state index contributed by atoms with van der Waals surface area (Å²) in [5.41, 5.74) is 7.53. The van der Waals surface area contributed by atoms with Crippen molar-refractivity contribution in [3.63, 3.8) is 0 Å². The van der Waals surface area contributed by atoms with Crippen LogP contribution in [0.25, 0.3) is 0 Å². The molecule has 114 valence electrons. The van der Waals surface area contributed by atoms with E-state index >= 15 is 0 Å². The fraction of sp³-hybridized carbons (Fsp3) is 0.600. The van der Waals surface area contributed by atoms with E-state index in [4.69, 9.17) is 0 Å². The van der Waals surface area contributed by atoms with Gasteiger partial charge >= 0.3 is 148 Å². The number of fused-ring (bicyclic) bond motifs is 4. The summed E-state index contributed by atoms with van der Waals surface area (Å²) in [6, 6.07) is 0. The molecule has 22 heavy (non-hydrogen) atoms. The van der Waals surface area contributed by atoms with E-state index < -0.39 is 8.07 Å². The van der Waals surface area contributed by atoms with E-state index in [0.29, 0.717) is 0 Å². The number of allylic oxidation sites excluding steroid dienone is 8. The summed E-state index contributed by atoms with van der Waals surface area (Å²) in [6.45, 7) is 5.36. The first-order valence-electron chi connectivity index (χ1n) is 9.30. The SMILES string of the molecule is C[Si]1(C)C2=CC3=C(CCCC3)[CH]2[Zr][CH]2C1=CC1=C2CCCC1. The van der Waals surface area contributed by atoms with Gasteiger partial charge in [-0.1, -0.05) is 0 Å². The van der Waals surface area contributed by atoms with E-state index in [1.165, 1.54) is 51.4 Å². The Morgan fingerprint density at radius 1 is 0.773 bits per heavy atom. The van der Waals surface area contributed by atoms with Gasteiger partial charge in [0.05, 0.1) is 0 Å². The maximum absolute atomic E-state index is 2.74. The molecule has 1 saturated heterocycles. The molecule has 4 aliphatic carbocycles. The van der Waals surface area contributed by atoms with Gasteiger partial charge in [-0.3, -0.25) is 0 Å². The van der Waals surface area contributed by atoms with Gasteiger partial charge in [-0.05, 0) is 0 Å². The van der Waals surface area contributed by atoms with Gasteiger partial charge in [-0.15, -0.1) is 0 Å². The molecule has 0 aromatic rings. The number of hydrogen-bond acceptors (Lipinski definition) is 0. The molecule has 0 N–H and O–H groups in total. The molecule has 2 heteroatoms. The van der Waals surface area contributed by atoms with Crippen molar-refractivity contribution in [2.75, 3.05) is 0 Å². The molecule has 2 unspecified atom stereocenters. The molecule has 5 rings (SSSR count). The van der Waals surface area contributed by atoms with Crippen LogP contribution >= 0.6 is 0 Å². The molecule has 1 heterocycles. The zero-order chi connectivity index (χ0) is 14.9. The fourth-order valence-corrected chi connectivity index (χ4v) is 19.8. The molecule has 0 aromatic heterocycles. The van der Waals surface area contributed by atoms with Crippen molar-refractivity contribution in [1.82, 2.24) is 0 Å². The second kappa shape index (κ2) is 5.03. The monoisotopic (exact) mass is 384 g/mol. The van der Waals surface area contributed by atoms with Crippen LogP contribution in [0.2, 0.25) is 20.3 Å². The first kappa shape index (κ1) is 14.4. The van der Waals surface area contributed by atoms with Crippen molar-refractivity contribution in [2.45, 2.75) is 71.7 Å². The number of rotatable bonds is 0. The van der Waals surface area contributed by atoms with Crippen LogP contribution in [0.4, 0.5) is 0 Å². The summed E-state index contributed by atoms with van der Waals surface area (Å²) in [5, 5.41) is 3.96. The molecule has 0 saturated carbocycles. The Kier molecular flexibility index (Phi) is 3.29. The van der Waals surface area contributed by atoms with Crippen LogP contribution in [0.15, 0.2) is 44.8 Å². The predicted octanol–water partition coefficient (Wildman–Crippen LogP) is 6.07. The Morgan fingerprint density at radius 3 is 1.73 bits per heavy atom. The van der Waals surface area contributed by atoms with Gasteiger partial charge < -0.3 is 0 Å². The summed E-state index contributed by atoms with van der Waals surface area (Å²) in [6.07, 6.45) is 17.0. The van der Waals surface area contributed by atoms with E-state index in [9.17, 15) is 0 Å². The van der Waals surface area contributed by atoms with E-state index in [1.54, 1.807) is 0 Å². The maximum atomic E-state index is 2.74. The topological polar surface area (TPSA) is 0 Å².